The zero-order valence-corrected chi connectivity index (χ0v) is 13.4. The van der Waals surface area contributed by atoms with Gasteiger partial charge in [-0.3, -0.25) is 9.59 Å². The SMILES string of the molecule is CC(=O)SCC1CC(=O)N(Cc2ccc3c(c2)OCCO3)C1. The first-order chi connectivity index (χ1) is 10.6. The molecule has 3 rings (SSSR count). The Hall–Kier alpha value is -1.69. The predicted octanol–water partition coefficient (Wildman–Crippen LogP) is 2.09. The number of fused-ring (bicyclic) bond motifs is 1. The molecule has 0 bridgehead atoms. The summed E-state index contributed by atoms with van der Waals surface area (Å²) < 4.78 is 11.1. The molecule has 0 saturated carbocycles. The average Bonchev–Trinajstić information content (AvgIpc) is 2.85. The highest BCUT2D eigenvalue weighted by Crippen LogP contribution is 2.32. The highest BCUT2D eigenvalue weighted by atomic mass is 32.2. The van der Waals surface area contributed by atoms with Crippen LogP contribution in [0.4, 0.5) is 0 Å². The molecule has 2 aliphatic rings. The van der Waals surface area contributed by atoms with Gasteiger partial charge in [-0.05, 0) is 23.6 Å². The molecule has 1 aromatic carbocycles. The second-order valence-electron chi connectivity index (χ2n) is 5.63. The number of hydrogen-bond donors (Lipinski definition) is 0. The van der Waals surface area contributed by atoms with Crippen LogP contribution in [0.5, 0.6) is 11.5 Å². The van der Waals surface area contributed by atoms with Gasteiger partial charge in [0.2, 0.25) is 5.91 Å². The Bertz CT molecular complexity index is 590. The van der Waals surface area contributed by atoms with E-state index in [1.165, 1.54) is 11.8 Å². The topological polar surface area (TPSA) is 55.8 Å². The van der Waals surface area contributed by atoms with Gasteiger partial charge in [0.1, 0.15) is 13.2 Å². The Morgan fingerprint density at radius 1 is 1.32 bits per heavy atom. The number of rotatable bonds is 4. The number of amides is 1. The van der Waals surface area contributed by atoms with E-state index in [-0.39, 0.29) is 16.9 Å². The van der Waals surface area contributed by atoms with Gasteiger partial charge in [-0.15, -0.1) is 0 Å². The quantitative estimate of drug-likeness (QED) is 0.850. The van der Waals surface area contributed by atoms with E-state index < -0.39 is 0 Å². The molecule has 1 amide bonds. The van der Waals surface area contributed by atoms with Crippen molar-refractivity contribution in [3.8, 4) is 11.5 Å². The van der Waals surface area contributed by atoms with E-state index in [1.807, 2.05) is 23.1 Å². The summed E-state index contributed by atoms with van der Waals surface area (Å²) in [6.45, 7) is 3.99. The zero-order valence-electron chi connectivity index (χ0n) is 12.5. The highest BCUT2D eigenvalue weighted by molar-refractivity contribution is 8.13. The molecule has 0 aliphatic carbocycles. The molecule has 0 spiro atoms. The van der Waals surface area contributed by atoms with Gasteiger partial charge in [-0.2, -0.15) is 0 Å². The number of thioether (sulfide) groups is 1. The second-order valence-corrected chi connectivity index (χ2v) is 6.82. The molecule has 0 N–H and O–H groups in total. The number of ether oxygens (including phenoxy) is 2. The van der Waals surface area contributed by atoms with E-state index in [0.717, 1.165) is 22.8 Å². The lowest BCUT2D eigenvalue weighted by atomic mass is 10.1. The van der Waals surface area contributed by atoms with Gasteiger partial charge in [0.15, 0.2) is 16.6 Å². The van der Waals surface area contributed by atoms with E-state index in [0.29, 0.717) is 32.7 Å². The molecule has 1 saturated heterocycles. The van der Waals surface area contributed by atoms with Crippen LogP contribution in [0.2, 0.25) is 0 Å². The Morgan fingerprint density at radius 2 is 2.09 bits per heavy atom. The zero-order chi connectivity index (χ0) is 15.5. The predicted molar refractivity (Wildman–Crippen MR) is 84.1 cm³/mol. The van der Waals surface area contributed by atoms with Crippen LogP contribution in [-0.4, -0.2) is 41.4 Å². The van der Waals surface area contributed by atoms with Crippen molar-refractivity contribution in [1.82, 2.24) is 4.90 Å². The molecule has 118 valence electrons. The smallest absolute Gasteiger partial charge is 0.223 e. The lowest BCUT2D eigenvalue weighted by molar-refractivity contribution is -0.128. The van der Waals surface area contributed by atoms with Gasteiger partial charge < -0.3 is 14.4 Å². The third-order valence-corrected chi connectivity index (χ3v) is 4.84. The summed E-state index contributed by atoms with van der Waals surface area (Å²) in [6.07, 6.45) is 0.533. The van der Waals surface area contributed by atoms with Crippen LogP contribution in [0.1, 0.15) is 18.9 Å². The number of likely N-dealkylation sites (tertiary alicyclic amines) is 1. The summed E-state index contributed by atoms with van der Waals surface area (Å²) in [6, 6.07) is 5.81. The number of carbonyl (C=O) groups excluding carboxylic acids is 2. The molecule has 0 aromatic heterocycles. The number of nitrogens with zero attached hydrogens (tertiary/aromatic N) is 1. The monoisotopic (exact) mass is 321 g/mol. The molecule has 5 nitrogen and oxygen atoms in total. The number of hydrogen-bond acceptors (Lipinski definition) is 5. The van der Waals surface area contributed by atoms with Crippen molar-refractivity contribution in [2.75, 3.05) is 25.5 Å². The standard InChI is InChI=1S/C16H19NO4S/c1-11(18)22-10-13-7-16(19)17(9-13)8-12-2-3-14-15(6-12)21-5-4-20-14/h2-3,6,13H,4-5,7-10H2,1H3. The molecule has 0 radical (unpaired) electrons. The van der Waals surface area contributed by atoms with Crippen molar-refractivity contribution in [1.29, 1.82) is 0 Å². The van der Waals surface area contributed by atoms with Gasteiger partial charge in [0.25, 0.3) is 0 Å². The maximum absolute atomic E-state index is 12.1. The lowest BCUT2D eigenvalue weighted by Gasteiger charge is -2.21. The molecular formula is C16H19NO4S. The van der Waals surface area contributed by atoms with Gasteiger partial charge in [-0.1, -0.05) is 17.8 Å². The third kappa shape index (κ3) is 3.55. The molecule has 2 heterocycles. The van der Waals surface area contributed by atoms with Crippen LogP contribution in [0, 0.1) is 5.92 Å². The van der Waals surface area contributed by atoms with Crippen LogP contribution in [0.15, 0.2) is 18.2 Å². The summed E-state index contributed by atoms with van der Waals surface area (Å²) in [7, 11) is 0. The van der Waals surface area contributed by atoms with Gasteiger partial charge >= 0.3 is 0 Å². The van der Waals surface area contributed by atoms with Crippen molar-refractivity contribution in [3.63, 3.8) is 0 Å². The minimum absolute atomic E-state index is 0.109. The van der Waals surface area contributed by atoms with Crippen molar-refractivity contribution >= 4 is 22.8 Å². The molecular weight excluding hydrogens is 302 g/mol. The van der Waals surface area contributed by atoms with E-state index in [4.69, 9.17) is 9.47 Å². The minimum Gasteiger partial charge on any atom is -0.486 e. The van der Waals surface area contributed by atoms with Crippen molar-refractivity contribution < 1.29 is 19.1 Å². The molecule has 1 fully saturated rings. The Labute approximate surface area is 134 Å². The van der Waals surface area contributed by atoms with Crippen molar-refractivity contribution in [2.24, 2.45) is 5.92 Å². The summed E-state index contributed by atoms with van der Waals surface area (Å²) in [5, 5.41) is 0.109. The fourth-order valence-electron chi connectivity index (χ4n) is 2.76. The highest BCUT2D eigenvalue weighted by Gasteiger charge is 2.29. The molecule has 6 heteroatoms. The van der Waals surface area contributed by atoms with Crippen molar-refractivity contribution in [2.45, 2.75) is 19.9 Å². The van der Waals surface area contributed by atoms with Crippen LogP contribution in [0.25, 0.3) is 0 Å². The van der Waals surface area contributed by atoms with Crippen LogP contribution in [-0.2, 0) is 16.1 Å². The first kappa shape index (κ1) is 15.2. The average molecular weight is 321 g/mol. The van der Waals surface area contributed by atoms with E-state index >= 15 is 0 Å². The Morgan fingerprint density at radius 3 is 2.86 bits per heavy atom. The first-order valence-corrected chi connectivity index (χ1v) is 8.40. The van der Waals surface area contributed by atoms with E-state index in [2.05, 4.69) is 0 Å². The van der Waals surface area contributed by atoms with E-state index in [9.17, 15) is 9.59 Å². The van der Waals surface area contributed by atoms with Gasteiger partial charge in [0, 0.05) is 32.2 Å². The number of benzene rings is 1. The fourth-order valence-corrected chi connectivity index (χ4v) is 3.45. The number of carbonyl (C=O) groups is 2. The lowest BCUT2D eigenvalue weighted by Crippen LogP contribution is -2.25. The minimum atomic E-state index is 0.109. The summed E-state index contributed by atoms with van der Waals surface area (Å²) in [5.74, 6) is 2.65. The van der Waals surface area contributed by atoms with Gasteiger partial charge in [-0.25, -0.2) is 0 Å². The molecule has 1 unspecified atom stereocenters. The maximum Gasteiger partial charge on any atom is 0.223 e. The molecule has 1 aromatic rings. The van der Waals surface area contributed by atoms with Crippen LogP contribution < -0.4 is 9.47 Å². The summed E-state index contributed by atoms with van der Waals surface area (Å²) >= 11 is 1.30. The normalized spacial score (nSPS) is 20.3. The second kappa shape index (κ2) is 6.60. The molecule has 1 atom stereocenters. The summed E-state index contributed by atoms with van der Waals surface area (Å²) in [4.78, 5) is 25.0. The largest absolute Gasteiger partial charge is 0.486 e. The van der Waals surface area contributed by atoms with Gasteiger partial charge in [0.05, 0.1) is 0 Å². The molecule has 22 heavy (non-hydrogen) atoms. The molecule has 2 aliphatic heterocycles. The van der Waals surface area contributed by atoms with Crippen molar-refractivity contribution in [3.05, 3.63) is 23.8 Å². The van der Waals surface area contributed by atoms with Crippen LogP contribution in [0.3, 0.4) is 0 Å². The Kier molecular flexibility index (Phi) is 4.57. The third-order valence-electron chi connectivity index (χ3n) is 3.80. The fraction of sp³-hybridized carbons (Fsp3) is 0.500. The Balaban J connectivity index is 1.61. The maximum atomic E-state index is 12.1. The van der Waals surface area contributed by atoms with Crippen LogP contribution >= 0.6 is 11.8 Å². The summed E-state index contributed by atoms with van der Waals surface area (Å²) in [5.41, 5.74) is 1.04. The first-order valence-electron chi connectivity index (χ1n) is 7.41. The van der Waals surface area contributed by atoms with E-state index in [1.54, 1.807) is 6.92 Å².